The van der Waals surface area contributed by atoms with Crippen LogP contribution in [0.25, 0.3) is 0 Å². The molecule has 1 saturated heterocycles. The van der Waals surface area contributed by atoms with E-state index in [1.807, 2.05) is 0 Å². The lowest BCUT2D eigenvalue weighted by molar-refractivity contribution is -0.145. The Morgan fingerprint density at radius 1 is 1.55 bits per heavy atom. The van der Waals surface area contributed by atoms with Crippen molar-refractivity contribution in [3.05, 3.63) is 23.0 Å². The molecular formula is C12H11ClN2O5. The van der Waals surface area contributed by atoms with Crippen molar-refractivity contribution in [2.24, 2.45) is 5.92 Å². The van der Waals surface area contributed by atoms with Crippen LogP contribution in [-0.4, -0.2) is 41.6 Å². The van der Waals surface area contributed by atoms with Gasteiger partial charge in [0.05, 0.1) is 18.7 Å². The van der Waals surface area contributed by atoms with E-state index in [-0.39, 0.29) is 35.3 Å². The molecule has 0 aliphatic carbocycles. The zero-order chi connectivity index (χ0) is 14.9. The van der Waals surface area contributed by atoms with Gasteiger partial charge in [0.2, 0.25) is 5.91 Å². The standard InChI is InChI=1S/C12H11ClN2O5/c1-20-12(19)6-2-10(16)15(5-6)8-3-9(13)14-4-7(8)11(17)18/h3-4,6H,2,5H2,1H3,(H,17,18). The van der Waals surface area contributed by atoms with Crippen LogP contribution in [0.3, 0.4) is 0 Å². The average molecular weight is 299 g/mol. The van der Waals surface area contributed by atoms with Crippen molar-refractivity contribution in [3.8, 4) is 0 Å². The molecule has 0 aromatic carbocycles. The van der Waals surface area contributed by atoms with Crippen LogP contribution in [0.1, 0.15) is 16.8 Å². The van der Waals surface area contributed by atoms with Crippen molar-refractivity contribution in [1.82, 2.24) is 4.98 Å². The molecule has 0 radical (unpaired) electrons. The first kappa shape index (κ1) is 14.3. The van der Waals surface area contributed by atoms with E-state index in [9.17, 15) is 14.4 Å². The number of pyridine rings is 1. The van der Waals surface area contributed by atoms with E-state index in [0.717, 1.165) is 6.20 Å². The van der Waals surface area contributed by atoms with Crippen LogP contribution in [0.5, 0.6) is 0 Å². The van der Waals surface area contributed by atoms with E-state index in [2.05, 4.69) is 9.72 Å². The van der Waals surface area contributed by atoms with Gasteiger partial charge >= 0.3 is 11.9 Å². The predicted octanol–water partition coefficient (Wildman–Crippen LogP) is 0.959. The Labute approximate surface area is 119 Å². The van der Waals surface area contributed by atoms with Crippen LogP contribution in [0, 0.1) is 5.92 Å². The molecular weight excluding hydrogens is 288 g/mol. The molecule has 1 fully saturated rings. The Balaban J connectivity index is 2.37. The molecule has 0 saturated carbocycles. The lowest BCUT2D eigenvalue weighted by Gasteiger charge is -2.18. The van der Waals surface area contributed by atoms with Gasteiger partial charge in [0.25, 0.3) is 0 Å². The summed E-state index contributed by atoms with van der Waals surface area (Å²) >= 11 is 5.74. The maximum absolute atomic E-state index is 12.0. The molecule has 1 unspecified atom stereocenters. The highest BCUT2D eigenvalue weighted by molar-refractivity contribution is 6.30. The zero-order valence-corrected chi connectivity index (χ0v) is 11.3. The van der Waals surface area contributed by atoms with Crippen molar-refractivity contribution in [3.63, 3.8) is 0 Å². The average Bonchev–Trinajstić information content (AvgIpc) is 2.79. The summed E-state index contributed by atoms with van der Waals surface area (Å²) in [6.07, 6.45) is 1.06. The van der Waals surface area contributed by atoms with Crippen LogP contribution in [0.15, 0.2) is 12.3 Å². The molecule has 8 heteroatoms. The second-order valence-electron chi connectivity index (χ2n) is 4.26. The van der Waals surface area contributed by atoms with Gasteiger partial charge < -0.3 is 14.7 Å². The fraction of sp³-hybridized carbons (Fsp3) is 0.333. The van der Waals surface area contributed by atoms with Crippen molar-refractivity contribution in [2.75, 3.05) is 18.6 Å². The minimum Gasteiger partial charge on any atom is -0.478 e. The highest BCUT2D eigenvalue weighted by atomic mass is 35.5. The minimum absolute atomic E-state index is 0.0221. The highest BCUT2D eigenvalue weighted by Gasteiger charge is 2.37. The Bertz CT molecular complexity index is 589. The number of carbonyl (C=O) groups is 3. The third kappa shape index (κ3) is 2.57. The molecule has 1 N–H and O–H groups in total. The topological polar surface area (TPSA) is 96.8 Å². The quantitative estimate of drug-likeness (QED) is 0.659. The van der Waals surface area contributed by atoms with Gasteiger partial charge in [0, 0.05) is 25.2 Å². The molecule has 0 spiro atoms. The number of hydrogen-bond donors (Lipinski definition) is 1. The molecule has 106 valence electrons. The van der Waals surface area contributed by atoms with Gasteiger partial charge in [-0.1, -0.05) is 11.6 Å². The fourth-order valence-electron chi connectivity index (χ4n) is 2.07. The molecule has 2 heterocycles. The third-order valence-corrected chi connectivity index (χ3v) is 3.24. The molecule has 1 atom stereocenters. The number of carbonyl (C=O) groups excluding carboxylic acids is 2. The van der Waals surface area contributed by atoms with Crippen molar-refractivity contribution < 1.29 is 24.2 Å². The fourth-order valence-corrected chi connectivity index (χ4v) is 2.23. The smallest absolute Gasteiger partial charge is 0.339 e. The van der Waals surface area contributed by atoms with E-state index < -0.39 is 17.9 Å². The number of amides is 1. The number of methoxy groups -OCH3 is 1. The number of aromatic carboxylic acids is 1. The molecule has 1 aromatic heterocycles. The number of hydrogen-bond acceptors (Lipinski definition) is 5. The molecule has 1 aliphatic heterocycles. The van der Waals surface area contributed by atoms with Crippen LogP contribution < -0.4 is 4.90 Å². The summed E-state index contributed by atoms with van der Waals surface area (Å²) < 4.78 is 4.60. The van der Waals surface area contributed by atoms with E-state index >= 15 is 0 Å². The maximum atomic E-state index is 12.0. The van der Waals surface area contributed by atoms with Gasteiger partial charge in [0.1, 0.15) is 10.7 Å². The predicted molar refractivity (Wildman–Crippen MR) is 68.7 cm³/mol. The number of esters is 1. The molecule has 20 heavy (non-hydrogen) atoms. The third-order valence-electron chi connectivity index (χ3n) is 3.03. The first-order chi connectivity index (χ1) is 9.43. The summed E-state index contributed by atoms with van der Waals surface area (Å²) in [5.74, 6) is -2.69. The van der Waals surface area contributed by atoms with Gasteiger partial charge in [-0.2, -0.15) is 0 Å². The molecule has 7 nitrogen and oxygen atoms in total. The monoisotopic (exact) mass is 298 g/mol. The van der Waals surface area contributed by atoms with Crippen molar-refractivity contribution >= 4 is 35.1 Å². The highest BCUT2D eigenvalue weighted by Crippen LogP contribution is 2.30. The number of carboxylic acid groups (broad SMARTS) is 1. The van der Waals surface area contributed by atoms with E-state index in [4.69, 9.17) is 16.7 Å². The summed E-state index contributed by atoms with van der Waals surface area (Å²) in [4.78, 5) is 39.5. The van der Waals surface area contributed by atoms with Crippen LogP contribution in [0.2, 0.25) is 5.15 Å². The van der Waals surface area contributed by atoms with Gasteiger partial charge in [0.15, 0.2) is 0 Å². The largest absolute Gasteiger partial charge is 0.478 e. The number of anilines is 1. The Hall–Kier alpha value is -2.15. The van der Waals surface area contributed by atoms with Crippen molar-refractivity contribution in [2.45, 2.75) is 6.42 Å². The molecule has 1 amide bonds. The molecule has 1 aromatic rings. The number of rotatable bonds is 3. The second-order valence-corrected chi connectivity index (χ2v) is 4.65. The van der Waals surface area contributed by atoms with E-state index in [0.29, 0.717) is 0 Å². The number of carboxylic acids is 1. The van der Waals surface area contributed by atoms with E-state index in [1.165, 1.54) is 18.1 Å². The SMILES string of the molecule is COC(=O)C1CC(=O)N(c2cc(Cl)ncc2C(=O)O)C1. The van der Waals surface area contributed by atoms with Gasteiger partial charge in [-0.25, -0.2) is 9.78 Å². The van der Waals surface area contributed by atoms with Crippen molar-refractivity contribution in [1.29, 1.82) is 0 Å². The van der Waals surface area contributed by atoms with E-state index in [1.54, 1.807) is 0 Å². The summed E-state index contributed by atoms with van der Waals surface area (Å²) in [6, 6.07) is 1.29. The maximum Gasteiger partial charge on any atom is 0.339 e. The second kappa shape index (κ2) is 5.46. The van der Waals surface area contributed by atoms with Gasteiger partial charge in [-0.3, -0.25) is 9.59 Å². The van der Waals surface area contributed by atoms with Crippen LogP contribution >= 0.6 is 11.6 Å². The summed E-state index contributed by atoms with van der Waals surface area (Å²) in [5, 5.41) is 9.18. The number of halogens is 1. The summed E-state index contributed by atoms with van der Waals surface area (Å²) in [5.41, 5.74) is -0.0119. The zero-order valence-electron chi connectivity index (χ0n) is 10.5. The Morgan fingerprint density at radius 2 is 2.25 bits per heavy atom. The van der Waals surface area contributed by atoms with Crippen LogP contribution in [0.4, 0.5) is 5.69 Å². The molecule has 2 rings (SSSR count). The first-order valence-electron chi connectivity index (χ1n) is 5.71. The number of aromatic nitrogens is 1. The number of nitrogens with zero attached hydrogens (tertiary/aromatic N) is 2. The lowest BCUT2D eigenvalue weighted by Crippen LogP contribution is -2.28. The Kier molecular flexibility index (Phi) is 3.89. The molecule has 0 bridgehead atoms. The minimum atomic E-state index is -1.22. The first-order valence-corrected chi connectivity index (χ1v) is 6.09. The summed E-state index contributed by atoms with van der Waals surface area (Å²) in [7, 11) is 1.24. The van der Waals surface area contributed by atoms with Crippen LogP contribution in [-0.2, 0) is 14.3 Å². The number of ether oxygens (including phenoxy) is 1. The lowest BCUT2D eigenvalue weighted by atomic mass is 10.1. The normalized spacial score (nSPS) is 18.2. The van der Waals surface area contributed by atoms with Gasteiger partial charge in [-0.05, 0) is 0 Å². The van der Waals surface area contributed by atoms with Gasteiger partial charge in [-0.15, -0.1) is 0 Å². The summed E-state index contributed by atoms with van der Waals surface area (Å²) in [6.45, 7) is 0.0616. The Morgan fingerprint density at radius 3 is 2.85 bits per heavy atom. The molecule has 1 aliphatic rings.